The molecule has 2 aliphatic rings. The van der Waals surface area contributed by atoms with Crippen LogP contribution in [-0.4, -0.2) is 52.1 Å². The highest BCUT2D eigenvalue weighted by Gasteiger charge is 2.49. The molecule has 2 N–H and O–H groups in total. The van der Waals surface area contributed by atoms with Gasteiger partial charge in [-0.1, -0.05) is 31.5 Å². The van der Waals surface area contributed by atoms with E-state index < -0.39 is 5.60 Å². The first-order valence-electron chi connectivity index (χ1n) is 10.2. The molecular formula is C22H27ClN4O2. The fraction of sp³-hybridized carbons (Fsp3) is 0.500. The van der Waals surface area contributed by atoms with Crippen molar-refractivity contribution < 1.29 is 9.90 Å². The molecule has 0 saturated carbocycles. The summed E-state index contributed by atoms with van der Waals surface area (Å²) in [5.41, 5.74) is 0.530. The lowest BCUT2D eigenvalue weighted by Crippen LogP contribution is -2.57. The van der Waals surface area contributed by atoms with E-state index in [4.69, 9.17) is 11.6 Å². The highest BCUT2D eigenvalue weighted by Crippen LogP contribution is 2.41. The summed E-state index contributed by atoms with van der Waals surface area (Å²) in [5, 5.41) is 15.4. The summed E-state index contributed by atoms with van der Waals surface area (Å²) in [6.07, 6.45) is 3.34. The van der Waals surface area contributed by atoms with E-state index in [1.165, 1.54) is 0 Å². The number of amides is 1. The van der Waals surface area contributed by atoms with E-state index in [0.717, 1.165) is 12.2 Å². The Bertz CT molecular complexity index is 849. The minimum Gasteiger partial charge on any atom is -0.383 e. The standard InChI is InChI=1S/C22H27ClN4O2/c1-14-12-27(13-15(2)22(14,29)20-5-3-4-8-25-20)21(28)18-11-24-10-17(18)19-7-6-16(23)9-26-19/h3-9,14-15,17-18,24,29H,10-13H2,1-2H3/t14-,15+,17-,18-,22?/m1/s1. The molecule has 7 heteroatoms. The minimum atomic E-state index is -1.04. The minimum absolute atomic E-state index is 0.0296. The first-order chi connectivity index (χ1) is 13.9. The summed E-state index contributed by atoms with van der Waals surface area (Å²) in [4.78, 5) is 24.2. The third-order valence-electron chi connectivity index (χ3n) is 6.54. The molecule has 2 saturated heterocycles. The number of nitrogens with zero attached hydrogens (tertiary/aromatic N) is 3. The number of rotatable bonds is 3. The van der Waals surface area contributed by atoms with Crippen LogP contribution < -0.4 is 5.32 Å². The van der Waals surface area contributed by atoms with E-state index in [1.54, 1.807) is 12.4 Å². The molecule has 0 radical (unpaired) electrons. The van der Waals surface area contributed by atoms with Gasteiger partial charge in [-0.05, 0) is 24.3 Å². The van der Waals surface area contributed by atoms with Crippen LogP contribution in [-0.2, 0) is 10.4 Å². The highest BCUT2D eigenvalue weighted by atomic mass is 35.5. The van der Waals surface area contributed by atoms with Gasteiger partial charge in [0.2, 0.25) is 5.91 Å². The van der Waals surface area contributed by atoms with E-state index in [-0.39, 0.29) is 29.6 Å². The van der Waals surface area contributed by atoms with Crippen LogP contribution in [0.1, 0.15) is 31.2 Å². The van der Waals surface area contributed by atoms with Crippen molar-refractivity contribution in [2.45, 2.75) is 25.4 Å². The third-order valence-corrected chi connectivity index (χ3v) is 6.76. The maximum atomic E-state index is 13.4. The lowest BCUT2D eigenvalue weighted by Gasteiger charge is -2.48. The summed E-state index contributed by atoms with van der Waals surface area (Å²) in [6.45, 7) is 6.37. The summed E-state index contributed by atoms with van der Waals surface area (Å²) in [7, 11) is 0. The number of carbonyl (C=O) groups excluding carboxylic acids is 1. The van der Waals surface area contributed by atoms with Crippen molar-refractivity contribution in [3.63, 3.8) is 0 Å². The molecule has 0 bridgehead atoms. The van der Waals surface area contributed by atoms with Crippen LogP contribution in [0.4, 0.5) is 0 Å². The van der Waals surface area contributed by atoms with Crippen molar-refractivity contribution in [2.75, 3.05) is 26.2 Å². The van der Waals surface area contributed by atoms with Gasteiger partial charge in [-0.25, -0.2) is 0 Å². The van der Waals surface area contributed by atoms with Crippen molar-refractivity contribution in [3.8, 4) is 0 Å². The number of likely N-dealkylation sites (tertiary alicyclic amines) is 1. The Kier molecular flexibility index (Phi) is 5.60. The van der Waals surface area contributed by atoms with Crippen LogP contribution in [0.15, 0.2) is 42.7 Å². The molecular weight excluding hydrogens is 388 g/mol. The molecule has 2 fully saturated rings. The van der Waals surface area contributed by atoms with E-state index >= 15 is 0 Å². The summed E-state index contributed by atoms with van der Waals surface area (Å²) >= 11 is 5.97. The zero-order valence-corrected chi connectivity index (χ0v) is 17.5. The maximum Gasteiger partial charge on any atom is 0.227 e. The van der Waals surface area contributed by atoms with Gasteiger partial charge in [0.1, 0.15) is 5.60 Å². The Balaban J connectivity index is 1.52. The van der Waals surface area contributed by atoms with Gasteiger partial charge in [-0.15, -0.1) is 0 Å². The quantitative estimate of drug-likeness (QED) is 0.806. The average Bonchev–Trinajstić information content (AvgIpc) is 3.22. The van der Waals surface area contributed by atoms with Gasteiger partial charge in [0.05, 0.1) is 16.6 Å². The lowest BCUT2D eigenvalue weighted by molar-refractivity contribution is -0.153. The molecule has 0 aromatic carbocycles. The van der Waals surface area contributed by atoms with E-state index in [1.807, 2.05) is 49.1 Å². The number of piperidine rings is 1. The molecule has 4 heterocycles. The number of hydrogen-bond donors (Lipinski definition) is 2. The van der Waals surface area contributed by atoms with Gasteiger partial charge in [-0.3, -0.25) is 14.8 Å². The third kappa shape index (κ3) is 3.65. The number of carbonyl (C=O) groups is 1. The molecule has 154 valence electrons. The molecule has 4 rings (SSSR count). The molecule has 1 unspecified atom stereocenters. The molecule has 0 spiro atoms. The molecule has 2 aromatic heterocycles. The molecule has 6 nitrogen and oxygen atoms in total. The normalized spacial score (nSPS) is 32.3. The van der Waals surface area contributed by atoms with Crippen LogP contribution in [0.2, 0.25) is 5.02 Å². The Hall–Kier alpha value is -2.02. The van der Waals surface area contributed by atoms with Crippen molar-refractivity contribution in [3.05, 3.63) is 59.1 Å². The van der Waals surface area contributed by atoms with Gasteiger partial charge in [0.15, 0.2) is 0 Å². The summed E-state index contributed by atoms with van der Waals surface area (Å²) in [6, 6.07) is 9.33. The van der Waals surface area contributed by atoms with Gasteiger partial charge in [0, 0.05) is 62.0 Å². The van der Waals surface area contributed by atoms with E-state index in [0.29, 0.717) is 30.4 Å². The molecule has 5 atom stereocenters. The monoisotopic (exact) mass is 414 g/mol. The van der Waals surface area contributed by atoms with Crippen molar-refractivity contribution >= 4 is 17.5 Å². The van der Waals surface area contributed by atoms with Gasteiger partial charge in [-0.2, -0.15) is 0 Å². The van der Waals surface area contributed by atoms with Crippen LogP contribution in [0.3, 0.4) is 0 Å². The average molecular weight is 415 g/mol. The van der Waals surface area contributed by atoms with Crippen LogP contribution in [0, 0.1) is 17.8 Å². The van der Waals surface area contributed by atoms with Crippen LogP contribution in [0.5, 0.6) is 0 Å². The molecule has 2 aromatic rings. The number of hydrogen-bond acceptors (Lipinski definition) is 5. The topological polar surface area (TPSA) is 78.4 Å². The number of aromatic nitrogens is 2. The van der Waals surface area contributed by atoms with Crippen molar-refractivity contribution in [1.29, 1.82) is 0 Å². The number of aliphatic hydroxyl groups is 1. The Labute approximate surface area is 176 Å². The van der Waals surface area contributed by atoms with Gasteiger partial charge in [0.25, 0.3) is 0 Å². The summed E-state index contributed by atoms with van der Waals surface area (Å²) in [5.74, 6) is -0.247. The number of nitrogens with one attached hydrogen (secondary N) is 1. The fourth-order valence-corrected chi connectivity index (χ4v) is 4.99. The smallest absolute Gasteiger partial charge is 0.227 e. The molecule has 0 aliphatic carbocycles. The zero-order valence-electron chi connectivity index (χ0n) is 16.8. The zero-order chi connectivity index (χ0) is 20.6. The van der Waals surface area contributed by atoms with Crippen molar-refractivity contribution in [2.24, 2.45) is 17.8 Å². The second kappa shape index (κ2) is 8.01. The van der Waals surface area contributed by atoms with Crippen LogP contribution >= 0.6 is 11.6 Å². The lowest BCUT2D eigenvalue weighted by atomic mass is 9.72. The first-order valence-corrected chi connectivity index (χ1v) is 10.5. The number of pyridine rings is 2. The second-order valence-corrected chi connectivity index (χ2v) is 8.79. The van der Waals surface area contributed by atoms with Crippen molar-refractivity contribution in [1.82, 2.24) is 20.2 Å². The van der Waals surface area contributed by atoms with Gasteiger partial charge >= 0.3 is 0 Å². The first kappa shape index (κ1) is 20.3. The molecule has 29 heavy (non-hydrogen) atoms. The predicted molar refractivity (Wildman–Crippen MR) is 111 cm³/mol. The van der Waals surface area contributed by atoms with E-state index in [9.17, 15) is 9.90 Å². The Morgan fingerprint density at radius 1 is 1.17 bits per heavy atom. The highest BCUT2D eigenvalue weighted by molar-refractivity contribution is 6.30. The SMILES string of the molecule is C[C@@H]1CN(C(=O)[C@@H]2CNC[C@H]2c2ccc(Cl)cn2)C[C@H](C)C1(O)c1ccccn1. The summed E-state index contributed by atoms with van der Waals surface area (Å²) < 4.78 is 0. The fourth-order valence-electron chi connectivity index (χ4n) is 4.87. The van der Waals surface area contributed by atoms with E-state index in [2.05, 4.69) is 15.3 Å². The predicted octanol–water partition coefficient (Wildman–Crippen LogP) is 2.44. The molecule has 2 aliphatic heterocycles. The second-order valence-electron chi connectivity index (χ2n) is 8.36. The number of halogens is 1. The molecule has 1 amide bonds. The Morgan fingerprint density at radius 2 is 1.93 bits per heavy atom. The maximum absolute atomic E-state index is 13.4. The van der Waals surface area contributed by atoms with Gasteiger partial charge < -0.3 is 15.3 Å². The Morgan fingerprint density at radius 3 is 2.55 bits per heavy atom. The van der Waals surface area contributed by atoms with Crippen LogP contribution in [0.25, 0.3) is 0 Å². The largest absolute Gasteiger partial charge is 0.383 e.